The Kier molecular flexibility index (Phi) is 4.29. The normalized spacial score (nSPS) is 19.9. The van der Waals surface area contributed by atoms with Gasteiger partial charge in [0.05, 0.1) is 5.57 Å². The number of carboxylic acids is 2. The topological polar surface area (TPSA) is 74.6 Å². The zero-order chi connectivity index (χ0) is 15.6. The molecule has 1 aromatic carbocycles. The lowest BCUT2D eigenvalue weighted by molar-refractivity contribution is -0.139. The Morgan fingerprint density at radius 3 is 2.29 bits per heavy atom. The SMILES string of the molecule is CC1=CC=C(C(=O)O)C(=Cc2ccc(Cl)cc2)C1C(=O)O. The molecule has 0 amide bonds. The third kappa shape index (κ3) is 3.23. The number of halogens is 1. The summed E-state index contributed by atoms with van der Waals surface area (Å²) in [4.78, 5) is 22.8. The summed E-state index contributed by atoms with van der Waals surface area (Å²) >= 11 is 5.81. The van der Waals surface area contributed by atoms with Crippen LogP contribution < -0.4 is 0 Å². The van der Waals surface area contributed by atoms with Gasteiger partial charge in [0.15, 0.2) is 0 Å². The Morgan fingerprint density at radius 2 is 1.76 bits per heavy atom. The maximum Gasteiger partial charge on any atom is 0.336 e. The Bertz CT molecular complexity index is 681. The second kappa shape index (κ2) is 5.97. The molecule has 1 unspecified atom stereocenters. The Hall–Kier alpha value is -2.33. The van der Waals surface area contributed by atoms with Crippen LogP contribution in [-0.2, 0) is 9.59 Å². The van der Waals surface area contributed by atoms with Gasteiger partial charge in [0, 0.05) is 5.02 Å². The Balaban J connectivity index is 2.56. The highest BCUT2D eigenvalue weighted by Crippen LogP contribution is 2.33. The molecule has 1 atom stereocenters. The van der Waals surface area contributed by atoms with E-state index < -0.39 is 17.9 Å². The van der Waals surface area contributed by atoms with E-state index in [1.807, 2.05) is 0 Å². The number of hydrogen-bond donors (Lipinski definition) is 2. The highest BCUT2D eigenvalue weighted by atomic mass is 35.5. The molecular weight excluding hydrogens is 292 g/mol. The van der Waals surface area contributed by atoms with Crippen LogP contribution in [0, 0.1) is 5.92 Å². The fourth-order valence-electron chi connectivity index (χ4n) is 2.23. The lowest BCUT2D eigenvalue weighted by atomic mass is 9.82. The van der Waals surface area contributed by atoms with Gasteiger partial charge in [-0.15, -0.1) is 0 Å². The first-order valence-corrected chi connectivity index (χ1v) is 6.60. The minimum absolute atomic E-state index is 0.0112. The smallest absolute Gasteiger partial charge is 0.336 e. The fraction of sp³-hybridized carbons (Fsp3) is 0.125. The molecular formula is C16H13ClO4. The van der Waals surface area contributed by atoms with Crippen molar-refractivity contribution in [3.63, 3.8) is 0 Å². The molecule has 2 N–H and O–H groups in total. The first-order valence-electron chi connectivity index (χ1n) is 6.22. The molecule has 1 aromatic rings. The van der Waals surface area contributed by atoms with E-state index in [1.165, 1.54) is 12.2 Å². The Morgan fingerprint density at radius 1 is 1.14 bits per heavy atom. The van der Waals surface area contributed by atoms with E-state index in [1.54, 1.807) is 37.3 Å². The van der Waals surface area contributed by atoms with Gasteiger partial charge in [-0.2, -0.15) is 0 Å². The molecule has 0 saturated heterocycles. The van der Waals surface area contributed by atoms with Crippen molar-refractivity contribution >= 4 is 29.6 Å². The minimum Gasteiger partial charge on any atom is -0.481 e. The summed E-state index contributed by atoms with van der Waals surface area (Å²) in [5.41, 5.74) is 1.54. The average Bonchev–Trinajstić information content (AvgIpc) is 2.40. The predicted molar refractivity (Wildman–Crippen MR) is 80.0 cm³/mol. The van der Waals surface area contributed by atoms with E-state index in [9.17, 15) is 19.8 Å². The molecule has 108 valence electrons. The highest BCUT2D eigenvalue weighted by molar-refractivity contribution is 6.30. The zero-order valence-electron chi connectivity index (χ0n) is 11.2. The molecule has 0 spiro atoms. The van der Waals surface area contributed by atoms with Crippen LogP contribution >= 0.6 is 11.6 Å². The number of allylic oxidation sites excluding steroid dienone is 2. The first kappa shape index (κ1) is 15.1. The summed E-state index contributed by atoms with van der Waals surface area (Å²) in [7, 11) is 0. The van der Waals surface area contributed by atoms with Gasteiger partial charge in [0.25, 0.3) is 0 Å². The lowest BCUT2D eigenvalue weighted by Crippen LogP contribution is -2.23. The first-order chi connectivity index (χ1) is 9.90. The molecule has 0 bridgehead atoms. The maximum atomic E-state index is 11.5. The molecule has 0 fully saturated rings. The molecule has 21 heavy (non-hydrogen) atoms. The van der Waals surface area contributed by atoms with Crippen LogP contribution in [0.4, 0.5) is 0 Å². The molecule has 0 heterocycles. The van der Waals surface area contributed by atoms with Gasteiger partial charge >= 0.3 is 11.9 Å². The molecule has 1 aliphatic carbocycles. The van der Waals surface area contributed by atoms with E-state index >= 15 is 0 Å². The average molecular weight is 305 g/mol. The van der Waals surface area contributed by atoms with Crippen LogP contribution in [0.2, 0.25) is 5.02 Å². The van der Waals surface area contributed by atoms with E-state index in [2.05, 4.69) is 0 Å². The van der Waals surface area contributed by atoms with Crippen molar-refractivity contribution < 1.29 is 19.8 Å². The van der Waals surface area contributed by atoms with Crippen molar-refractivity contribution in [2.45, 2.75) is 6.92 Å². The molecule has 5 heteroatoms. The third-order valence-corrected chi connectivity index (χ3v) is 3.51. The number of aliphatic carboxylic acids is 2. The molecule has 1 aliphatic rings. The van der Waals surface area contributed by atoms with Gasteiger partial charge in [-0.05, 0) is 42.3 Å². The van der Waals surface area contributed by atoms with Gasteiger partial charge in [-0.3, -0.25) is 4.79 Å². The van der Waals surface area contributed by atoms with Gasteiger partial charge in [-0.1, -0.05) is 35.4 Å². The van der Waals surface area contributed by atoms with Crippen LogP contribution in [0.25, 0.3) is 6.08 Å². The number of rotatable bonds is 3. The zero-order valence-corrected chi connectivity index (χ0v) is 12.0. The fourth-order valence-corrected chi connectivity index (χ4v) is 2.36. The van der Waals surface area contributed by atoms with Crippen molar-refractivity contribution in [2.24, 2.45) is 5.92 Å². The molecule has 0 aromatic heterocycles. The van der Waals surface area contributed by atoms with Crippen molar-refractivity contribution in [3.8, 4) is 0 Å². The summed E-state index contributed by atoms with van der Waals surface area (Å²) in [6.45, 7) is 1.67. The van der Waals surface area contributed by atoms with Crippen LogP contribution in [0.15, 0.2) is 53.1 Å². The van der Waals surface area contributed by atoms with Crippen molar-refractivity contribution in [1.82, 2.24) is 0 Å². The van der Waals surface area contributed by atoms with Crippen molar-refractivity contribution in [2.75, 3.05) is 0 Å². The molecule has 0 saturated carbocycles. The van der Waals surface area contributed by atoms with E-state index in [4.69, 9.17) is 11.6 Å². The second-order valence-corrected chi connectivity index (χ2v) is 5.16. The summed E-state index contributed by atoms with van der Waals surface area (Å²) < 4.78 is 0. The second-order valence-electron chi connectivity index (χ2n) is 4.72. The third-order valence-electron chi connectivity index (χ3n) is 3.26. The van der Waals surface area contributed by atoms with Crippen LogP contribution in [-0.4, -0.2) is 22.2 Å². The molecule has 2 rings (SSSR count). The largest absolute Gasteiger partial charge is 0.481 e. The van der Waals surface area contributed by atoms with E-state index in [0.717, 1.165) is 0 Å². The monoisotopic (exact) mass is 304 g/mol. The highest BCUT2D eigenvalue weighted by Gasteiger charge is 2.31. The Labute approximate surface area is 126 Å². The number of benzene rings is 1. The predicted octanol–water partition coefficient (Wildman–Crippen LogP) is 3.40. The quantitative estimate of drug-likeness (QED) is 0.897. The standard InChI is InChI=1S/C16H13ClO4/c1-9-2-7-12(15(18)19)13(14(9)16(20)21)8-10-3-5-11(17)6-4-10/h2-8,14H,1H3,(H,18,19)(H,20,21). The van der Waals surface area contributed by atoms with Gasteiger partial charge in [0.1, 0.15) is 5.92 Å². The van der Waals surface area contributed by atoms with Crippen LogP contribution in [0.3, 0.4) is 0 Å². The van der Waals surface area contributed by atoms with Crippen molar-refractivity contribution in [3.05, 3.63) is 63.7 Å². The van der Waals surface area contributed by atoms with E-state index in [-0.39, 0.29) is 11.1 Å². The van der Waals surface area contributed by atoms with Gasteiger partial charge in [0.2, 0.25) is 0 Å². The molecule has 0 aliphatic heterocycles. The maximum absolute atomic E-state index is 11.5. The van der Waals surface area contributed by atoms with Crippen molar-refractivity contribution in [1.29, 1.82) is 0 Å². The van der Waals surface area contributed by atoms with Gasteiger partial charge in [-0.25, -0.2) is 4.79 Å². The number of carbonyl (C=O) groups is 2. The van der Waals surface area contributed by atoms with Gasteiger partial charge < -0.3 is 10.2 Å². The summed E-state index contributed by atoms with van der Waals surface area (Å²) in [5, 5.41) is 19.2. The van der Waals surface area contributed by atoms with Crippen LogP contribution in [0.5, 0.6) is 0 Å². The molecule has 0 radical (unpaired) electrons. The summed E-state index contributed by atoms with van der Waals surface area (Å²) in [6, 6.07) is 6.75. The minimum atomic E-state index is -1.15. The number of carboxylic acid groups (broad SMARTS) is 2. The summed E-state index contributed by atoms with van der Waals surface area (Å²) in [6.07, 6.45) is 4.53. The lowest BCUT2D eigenvalue weighted by Gasteiger charge is -2.21. The number of hydrogen-bond acceptors (Lipinski definition) is 2. The van der Waals surface area contributed by atoms with Crippen LogP contribution in [0.1, 0.15) is 12.5 Å². The molecule has 4 nitrogen and oxygen atoms in total. The summed E-state index contributed by atoms with van der Waals surface area (Å²) in [5.74, 6) is -3.18. The van der Waals surface area contributed by atoms with E-state index in [0.29, 0.717) is 16.2 Å².